The Morgan fingerprint density at radius 2 is 1.09 bits per heavy atom. The standard InChI is InChI=1S/C17H13N.ClHO4/c1-3-7-14(8-4-1)16-11-12-18-17(13-16)15-9-5-2-6-10-15;2-1(3,4)5/h1-13H;(H,2,3,4,5). The van der Waals surface area contributed by atoms with Crippen molar-refractivity contribution in [2.45, 2.75) is 0 Å². The second kappa shape index (κ2) is 7.82. The van der Waals surface area contributed by atoms with Gasteiger partial charge in [0.1, 0.15) is 0 Å². The molecule has 0 aliphatic carbocycles. The van der Waals surface area contributed by atoms with Crippen LogP contribution >= 0.6 is 0 Å². The molecule has 1 heterocycles. The first-order valence-electron chi connectivity index (χ1n) is 6.68. The minimum Gasteiger partial charge on any atom is -0.222 e. The summed E-state index contributed by atoms with van der Waals surface area (Å²) in [6.07, 6.45) is 1.99. The zero-order valence-electron chi connectivity index (χ0n) is 12.0. The van der Waals surface area contributed by atoms with Gasteiger partial charge in [0.15, 0.2) is 6.20 Å². The Morgan fingerprint density at radius 1 is 0.609 bits per heavy atom. The number of halogens is 1. The van der Waals surface area contributed by atoms with Crippen LogP contribution < -0.4 is 23.6 Å². The third-order valence-electron chi connectivity index (χ3n) is 2.99. The topological polar surface area (TPSA) is 106 Å². The van der Waals surface area contributed by atoms with E-state index in [1.807, 2.05) is 18.3 Å². The van der Waals surface area contributed by atoms with E-state index in [0.29, 0.717) is 0 Å². The molecule has 3 aromatic rings. The summed E-state index contributed by atoms with van der Waals surface area (Å²) < 4.78 is 34.0. The van der Waals surface area contributed by atoms with E-state index >= 15 is 0 Å². The highest BCUT2D eigenvalue weighted by molar-refractivity contribution is 5.68. The lowest BCUT2D eigenvalue weighted by atomic mass is 10.0. The van der Waals surface area contributed by atoms with Crippen LogP contribution in [-0.2, 0) is 0 Å². The summed E-state index contributed by atoms with van der Waals surface area (Å²) in [6.45, 7) is 0. The summed E-state index contributed by atoms with van der Waals surface area (Å²) in [7, 11) is -4.94. The number of aromatic amines is 1. The summed E-state index contributed by atoms with van der Waals surface area (Å²) in [5, 5.41) is 0. The first-order valence-corrected chi connectivity index (χ1v) is 7.91. The van der Waals surface area contributed by atoms with Gasteiger partial charge in [0, 0.05) is 17.7 Å². The predicted molar refractivity (Wildman–Crippen MR) is 73.9 cm³/mol. The van der Waals surface area contributed by atoms with E-state index in [1.165, 1.54) is 16.7 Å². The smallest absolute Gasteiger partial charge is 0.211 e. The fourth-order valence-corrected chi connectivity index (χ4v) is 2.06. The Labute approximate surface area is 135 Å². The molecule has 0 saturated carbocycles. The van der Waals surface area contributed by atoms with Gasteiger partial charge in [-0.05, 0) is 23.3 Å². The van der Waals surface area contributed by atoms with Crippen molar-refractivity contribution in [3.63, 3.8) is 0 Å². The van der Waals surface area contributed by atoms with Crippen LogP contribution in [0.1, 0.15) is 0 Å². The Kier molecular flexibility index (Phi) is 5.81. The molecule has 0 amide bonds. The van der Waals surface area contributed by atoms with Gasteiger partial charge in [-0.2, -0.15) is 0 Å². The predicted octanol–water partition coefficient (Wildman–Crippen LogP) is -0.921. The summed E-state index contributed by atoms with van der Waals surface area (Å²) in [5.41, 5.74) is 4.81. The molecule has 2 aromatic carbocycles. The number of rotatable bonds is 2. The number of benzene rings is 2. The average molecular weight is 332 g/mol. The fraction of sp³-hybridized carbons (Fsp3) is 0. The van der Waals surface area contributed by atoms with Gasteiger partial charge in [-0.15, -0.1) is 10.2 Å². The Balaban J connectivity index is 0.000000338. The van der Waals surface area contributed by atoms with Crippen molar-refractivity contribution in [2.24, 2.45) is 0 Å². The van der Waals surface area contributed by atoms with Gasteiger partial charge < -0.3 is 0 Å². The van der Waals surface area contributed by atoms with Gasteiger partial charge >= 0.3 is 0 Å². The Bertz CT molecular complexity index is 670. The quantitative estimate of drug-likeness (QED) is 0.605. The Hall–Kier alpha value is -2.28. The van der Waals surface area contributed by atoms with Crippen molar-refractivity contribution in [1.82, 2.24) is 0 Å². The average Bonchev–Trinajstić information content (AvgIpc) is 2.55. The summed E-state index contributed by atoms with van der Waals surface area (Å²) in [6, 6.07) is 25.1. The highest BCUT2D eigenvalue weighted by Gasteiger charge is 2.06. The van der Waals surface area contributed by atoms with Crippen LogP contribution in [0.3, 0.4) is 0 Å². The van der Waals surface area contributed by atoms with Gasteiger partial charge in [0.05, 0.1) is 0 Å². The lowest BCUT2D eigenvalue weighted by Crippen LogP contribution is -2.68. The second-order valence-corrected chi connectivity index (χ2v) is 5.36. The lowest BCUT2D eigenvalue weighted by Gasteiger charge is -2.17. The van der Waals surface area contributed by atoms with E-state index in [0.717, 1.165) is 5.69 Å². The minimum absolute atomic E-state index is 1.14. The molecular formula is C17H14ClNO4. The van der Waals surface area contributed by atoms with Crippen molar-refractivity contribution in [3.05, 3.63) is 79.0 Å². The minimum atomic E-state index is -4.94. The van der Waals surface area contributed by atoms with Crippen LogP contribution in [0.25, 0.3) is 22.4 Å². The normalized spacial score (nSPS) is 10.6. The van der Waals surface area contributed by atoms with Crippen molar-refractivity contribution in [1.29, 1.82) is 0 Å². The van der Waals surface area contributed by atoms with E-state index in [1.54, 1.807) is 0 Å². The van der Waals surface area contributed by atoms with Crippen molar-refractivity contribution < 1.29 is 33.9 Å². The zero-order chi connectivity index (χ0) is 16.7. The molecule has 23 heavy (non-hydrogen) atoms. The number of aromatic nitrogens is 1. The molecule has 0 radical (unpaired) electrons. The van der Waals surface area contributed by atoms with Crippen LogP contribution in [-0.4, -0.2) is 0 Å². The number of hydrogen-bond acceptors (Lipinski definition) is 4. The van der Waals surface area contributed by atoms with E-state index in [4.69, 9.17) is 18.6 Å². The van der Waals surface area contributed by atoms with Crippen molar-refractivity contribution in [3.8, 4) is 22.4 Å². The molecule has 0 aliphatic heterocycles. The molecule has 0 fully saturated rings. The maximum atomic E-state index is 8.49. The van der Waals surface area contributed by atoms with E-state index < -0.39 is 10.2 Å². The maximum absolute atomic E-state index is 8.49. The lowest BCUT2D eigenvalue weighted by molar-refractivity contribution is -2.00. The molecule has 0 saturated heterocycles. The molecule has 0 bridgehead atoms. The van der Waals surface area contributed by atoms with Crippen molar-refractivity contribution >= 4 is 0 Å². The molecule has 0 aliphatic rings. The first kappa shape index (κ1) is 17.1. The second-order valence-electron chi connectivity index (χ2n) is 4.60. The van der Waals surface area contributed by atoms with Crippen LogP contribution in [0.2, 0.25) is 0 Å². The molecular weight excluding hydrogens is 318 g/mol. The van der Waals surface area contributed by atoms with E-state index in [-0.39, 0.29) is 0 Å². The Morgan fingerprint density at radius 3 is 1.61 bits per heavy atom. The SMILES string of the molecule is [O-][Cl+3]([O-])([O-])[O-].c1ccc(-c2cc[nH+]c(-c3ccccc3)c2)cc1. The number of nitrogens with one attached hydrogen (secondary N) is 1. The van der Waals surface area contributed by atoms with Gasteiger partial charge in [0.2, 0.25) is 5.69 Å². The van der Waals surface area contributed by atoms with Crippen LogP contribution in [0, 0.1) is 10.2 Å². The largest absolute Gasteiger partial charge is 0.222 e. The third kappa shape index (κ3) is 6.15. The van der Waals surface area contributed by atoms with E-state index in [9.17, 15) is 0 Å². The molecule has 1 N–H and O–H groups in total. The number of pyridine rings is 1. The van der Waals surface area contributed by atoms with Crippen LogP contribution in [0.15, 0.2) is 79.0 Å². The fourth-order valence-electron chi connectivity index (χ4n) is 2.06. The van der Waals surface area contributed by atoms with Crippen LogP contribution in [0.5, 0.6) is 0 Å². The first-order chi connectivity index (χ1) is 10.9. The highest BCUT2D eigenvalue weighted by atomic mass is 35.7. The summed E-state index contributed by atoms with van der Waals surface area (Å²) >= 11 is 0. The number of H-pyrrole nitrogens is 1. The van der Waals surface area contributed by atoms with Gasteiger partial charge in [-0.25, -0.2) is 23.6 Å². The van der Waals surface area contributed by atoms with E-state index in [2.05, 4.69) is 65.6 Å². The highest BCUT2D eigenvalue weighted by Crippen LogP contribution is 2.22. The number of hydrogen-bond donors (Lipinski definition) is 0. The molecule has 0 unspecified atom stereocenters. The molecule has 6 heteroatoms. The summed E-state index contributed by atoms with van der Waals surface area (Å²) in [4.78, 5) is 3.29. The molecule has 1 aromatic heterocycles. The molecule has 0 atom stereocenters. The van der Waals surface area contributed by atoms with Gasteiger partial charge in [-0.1, -0.05) is 48.5 Å². The maximum Gasteiger partial charge on any atom is 0.211 e. The van der Waals surface area contributed by atoms with Crippen molar-refractivity contribution in [2.75, 3.05) is 0 Å². The molecule has 5 nitrogen and oxygen atoms in total. The summed E-state index contributed by atoms with van der Waals surface area (Å²) in [5.74, 6) is 0. The van der Waals surface area contributed by atoms with Crippen LogP contribution in [0.4, 0.5) is 0 Å². The molecule has 118 valence electrons. The zero-order valence-corrected chi connectivity index (χ0v) is 12.8. The van der Waals surface area contributed by atoms with Gasteiger partial charge in [0.25, 0.3) is 0 Å². The molecule has 0 spiro atoms. The monoisotopic (exact) mass is 331 g/mol. The van der Waals surface area contributed by atoms with Gasteiger partial charge in [-0.3, -0.25) is 0 Å². The third-order valence-corrected chi connectivity index (χ3v) is 2.99. The molecule has 3 rings (SSSR count).